The van der Waals surface area contributed by atoms with Gasteiger partial charge < -0.3 is 16.2 Å². The van der Waals surface area contributed by atoms with Crippen LogP contribution in [0.3, 0.4) is 0 Å². The quantitative estimate of drug-likeness (QED) is 0.816. The number of nitrogens with two attached hydrogens (primary N) is 2. The Morgan fingerprint density at radius 1 is 1.11 bits per heavy atom. The van der Waals surface area contributed by atoms with Crippen molar-refractivity contribution < 1.29 is 4.74 Å². The summed E-state index contributed by atoms with van der Waals surface area (Å²) in [6.45, 7) is 6.37. The molecule has 0 radical (unpaired) electrons. The van der Waals surface area contributed by atoms with Crippen LogP contribution in [-0.2, 0) is 0 Å². The summed E-state index contributed by atoms with van der Waals surface area (Å²) in [4.78, 5) is 0. The molecule has 0 aromatic heterocycles. The second-order valence-electron chi connectivity index (χ2n) is 5.32. The van der Waals surface area contributed by atoms with E-state index in [4.69, 9.17) is 16.2 Å². The summed E-state index contributed by atoms with van der Waals surface area (Å²) >= 11 is 0. The van der Waals surface area contributed by atoms with Gasteiger partial charge in [0.1, 0.15) is 5.75 Å². The summed E-state index contributed by atoms with van der Waals surface area (Å²) in [7, 11) is 1.69. The third-order valence-electron chi connectivity index (χ3n) is 3.25. The second-order valence-corrected chi connectivity index (χ2v) is 5.32. The van der Waals surface area contributed by atoms with E-state index in [9.17, 15) is 0 Å². The Morgan fingerprint density at radius 2 is 1.78 bits per heavy atom. The molecule has 0 aliphatic rings. The monoisotopic (exact) mass is 250 g/mol. The molecule has 1 aromatic carbocycles. The molecule has 18 heavy (non-hydrogen) atoms. The van der Waals surface area contributed by atoms with Gasteiger partial charge in [-0.25, -0.2) is 0 Å². The molecule has 4 N–H and O–H groups in total. The van der Waals surface area contributed by atoms with Gasteiger partial charge in [-0.15, -0.1) is 0 Å². The van der Waals surface area contributed by atoms with Gasteiger partial charge in [-0.2, -0.15) is 0 Å². The van der Waals surface area contributed by atoms with E-state index in [2.05, 4.69) is 26.0 Å². The van der Waals surface area contributed by atoms with E-state index in [-0.39, 0.29) is 12.1 Å². The summed E-state index contributed by atoms with van der Waals surface area (Å²) in [5.74, 6) is 1.37. The Hall–Kier alpha value is -1.06. The summed E-state index contributed by atoms with van der Waals surface area (Å²) in [5, 5.41) is 0. The van der Waals surface area contributed by atoms with E-state index in [0.717, 1.165) is 24.2 Å². The van der Waals surface area contributed by atoms with Crippen LogP contribution in [0.2, 0.25) is 0 Å². The van der Waals surface area contributed by atoms with Crippen molar-refractivity contribution in [3.8, 4) is 5.75 Å². The fourth-order valence-electron chi connectivity index (χ4n) is 2.00. The van der Waals surface area contributed by atoms with E-state index in [1.165, 1.54) is 5.56 Å². The molecular weight excluding hydrogens is 224 g/mol. The lowest BCUT2D eigenvalue weighted by atomic mass is 9.94. The number of ether oxygens (including phenoxy) is 1. The maximum absolute atomic E-state index is 6.25. The summed E-state index contributed by atoms with van der Waals surface area (Å²) < 4.78 is 5.40. The van der Waals surface area contributed by atoms with Crippen LogP contribution in [-0.4, -0.2) is 13.2 Å². The lowest BCUT2D eigenvalue weighted by Crippen LogP contribution is -2.19. The van der Waals surface area contributed by atoms with Crippen molar-refractivity contribution in [2.45, 2.75) is 51.6 Å². The van der Waals surface area contributed by atoms with Crippen LogP contribution in [0.25, 0.3) is 0 Å². The summed E-state index contributed by atoms with van der Waals surface area (Å²) in [6, 6.07) is 6.46. The highest BCUT2D eigenvalue weighted by Gasteiger charge is 2.14. The minimum Gasteiger partial charge on any atom is -0.496 e. The summed E-state index contributed by atoms with van der Waals surface area (Å²) in [5.41, 5.74) is 14.4. The lowest BCUT2D eigenvalue weighted by Gasteiger charge is -2.19. The molecule has 0 saturated carbocycles. The van der Waals surface area contributed by atoms with Gasteiger partial charge >= 0.3 is 0 Å². The van der Waals surface area contributed by atoms with Crippen molar-refractivity contribution >= 4 is 0 Å². The predicted molar refractivity (Wildman–Crippen MR) is 76.9 cm³/mol. The molecule has 2 unspecified atom stereocenters. The van der Waals surface area contributed by atoms with Gasteiger partial charge in [0.15, 0.2) is 0 Å². The molecule has 102 valence electrons. The van der Waals surface area contributed by atoms with E-state index in [1.54, 1.807) is 7.11 Å². The first-order valence-electron chi connectivity index (χ1n) is 6.64. The normalized spacial score (nSPS) is 14.6. The van der Waals surface area contributed by atoms with E-state index >= 15 is 0 Å². The standard InChI is InChI=1S/C15H26N2O/c1-10(2)12-6-8-15(18-4)13(9-12)14(17)7-5-11(3)16/h6,8-11,14H,5,7,16-17H2,1-4H3. The maximum atomic E-state index is 6.25. The first-order valence-corrected chi connectivity index (χ1v) is 6.64. The summed E-state index contributed by atoms with van der Waals surface area (Å²) in [6.07, 6.45) is 1.81. The zero-order valence-corrected chi connectivity index (χ0v) is 11.9. The van der Waals surface area contributed by atoms with Crippen molar-refractivity contribution in [1.29, 1.82) is 0 Å². The molecule has 0 fully saturated rings. The highest BCUT2D eigenvalue weighted by Crippen LogP contribution is 2.30. The van der Waals surface area contributed by atoms with Crippen molar-refractivity contribution in [2.24, 2.45) is 11.5 Å². The van der Waals surface area contributed by atoms with Gasteiger partial charge in [-0.3, -0.25) is 0 Å². The topological polar surface area (TPSA) is 61.3 Å². The van der Waals surface area contributed by atoms with E-state index < -0.39 is 0 Å². The number of rotatable bonds is 6. The number of methoxy groups -OCH3 is 1. The average Bonchev–Trinajstić information content (AvgIpc) is 2.34. The Morgan fingerprint density at radius 3 is 2.28 bits per heavy atom. The van der Waals surface area contributed by atoms with Crippen LogP contribution < -0.4 is 16.2 Å². The van der Waals surface area contributed by atoms with Gasteiger partial charge in [0.25, 0.3) is 0 Å². The molecule has 2 atom stereocenters. The minimum absolute atomic E-state index is 0.00958. The van der Waals surface area contributed by atoms with Crippen molar-refractivity contribution in [2.75, 3.05) is 7.11 Å². The molecular formula is C15H26N2O. The Balaban J connectivity index is 2.92. The lowest BCUT2D eigenvalue weighted by molar-refractivity contribution is 0.402. The van der Waals surface area contributed by atoms with Crippen LogP contribution in [0.4, 0.5) is 0 Å². The van der Waals surface area contributed by atoms with E-state index in [0.29, 0.717) is 5.92 Å². The minimum atomic E-state index is -0.00958. The molecule has 0 aliphatic heterocycles. The second kappa shape index (κ2) is 6.76. The highest BCUT2D eigenvalue weighted by atomic mass is 16.5. The molecule has 0 bridgehead atoms. The van der Waals surface area contributed by atoms with Crippen molar-refractivity contribution in [1.82, 2.24) is 0 Å². The van der Waals surface area contributed by atoms with Crippen LogP contribution in [0.15, 0.2) is 18.2 Å². The third kappa shape index (κ3) is 4.00. The van der Waals surface area contributed by atoms with E-state index in [1.807, 2.05) is 13.0 Å². The molecule has 0 saturated heterocycles. The molecule has 1 aromatic rings. The molecule has 0 spiro atoms. The zero-order valence-electron chi connectivity index (χ0n) is 11.9. The molecule has 0 aliphatic carbocycles. The van der Waals surface area contributed by atoms with Gasteiger partial charge in [0.05, 0.1) is 7.11 Å². The van der Waals surface area contributed by atoms with Crippen molar-refractivity contribution in [3.63, 3.8) is 0 Å². The van der Waals surface area contributed by atoms with Crippen LogP contribution >= 0.6 is 0 Å². The molecule has 0 amide bonds. The van der Waals surface area contributed by atoms with Crippen LogP contribution in [0.5, 0.6) is 5.75 Å². The van der Waals surface area contributed by atoms with Gasteiger partial charge in [0.2, 0.25) is 0 Å². The number of hydrogen-bond acceptors (Lipinski definition) is 3. The van der Waals surface area contributed by atoms with Crippen molar-refractivity contribution in [3.05, 3.63) is 29.3 Å². The third-order valence-corrected chi connectivity index (χ3v) is 3.25. The maximum Gasteiger partial charge on any atom is 0.123 e. The number of hydrogen-bond donors (Lipinski definition) is 2. The average molecular weight is 250 g/mol. The zero-order chi connectivity index (χ0) is 13.7. The molecule has 0 heterocycles. The van der Waals surface area contributed by atoms with Gasteiger partial charge in [-0.1, -0.05) is 26.0 Å². The largest absolute Gasteiger partial charge is 0.496 e. The fraction of sp³-hybridized carbons (Fsp3) is 0.600. The number of benzene rings is 1. The first kappa shape index (κ1) is 15.0. The fourth-order valence-corrected chi connectivity index (χ4v) is 2.00. The smallest absolute Gasteiger partial charge is 0.123 e. The molecule has 3 nitrogen and oxygen atoms in total. The molecule has 1 rings (SSSR count). The van der Waals surface area contributed by atoms with Gasteiger partial charge in [-0.05, 0) is 37.3 Å². The predicted octanol–water partition coefficient (Wildman–Crippen LogP) is 2.95. The van der Waals surface area contributed by atoms with Crippen LogP contribution in [0, 0.1) is 0 Å². The Bertz CT molecular complexity index is 375. The van der Waals surface area contributed by atoms with Crippen LogP contribution in [0.1, 0.15) is 56.7 Å². The first-order chi connectivity index (χ1) is 8.45. The molecule has 3 heteroatoms. The van der Waals surface area contributed by atoms with Gasteiger partial charge in [0, 0.05) is 17.6 Å². The SMILES string of the molecule is COc1ccc(C(C)C)cc1C(N)CCC(C)N. The Kier molecular flexibility index (Phi) is 5.63. The highest BCUT2D eigenvalue weighted by molar-refractivity contribution is 5.40. The Labute approximate surface area is 111 Å².